The molecule has 0 bridgehead atoms. The van der Waals surface area contributed by atoms with Gasteiger partial charge in [0.25, 0.3) is 10.0 Å². The van der Waals surface area contributed by atoms with Crippen LogP contribution in [0.5, 0.6) is 0 Å². The third-order valence-electron chi connectivity index (χ3n) is 5.78. The second-order valence-corrected chi connectivity index (χ2v) is 9.90. The number of methoxy groups -OCH3 is 1. The van der Waals surface area contributed by atoms with Crippen LogP contribution in [0.4, 0.5) is 5.69 Å². The summed E-state index contributed by atoms with van der Waals surface area (Å²) >= 11 is 0. The largest absolute Gasteiger partial charge is 0.384 e. The highest BCUT2D eigenvalue weighted by Gasteiger charge is 2.29. The van der Waals surface area contributed by atoms with Gasteiger partial charge in [0.05, 0.1) is 25.3 Å². The molecule has 0 aliphatic carbocycles. The summed E-state index contributed by atoms with van der Waals surface area (Å²) in [5.41, 5.74) is 3.55. The first-order chi connectivity index (χ1) is 15.9. The van der Waals surface area contributed by atoms with Crippen LogP contribution in [0, 0.1) is 0 Å². The van der Waals surface area contributed by atoms with Crippen LogP contribution in [-0.4, -0.2) is 49.3 Å². The molecular weight excluding hydrogens is 440 g/mol. The van der Waals surface area contributed by atoms with Gasteiger partial charge >= 0.3 is 0 Å². The number of sulfonamides is 1. The van der Waals surface area contributed by atoms with Gasteiger partial charge in [-0.25, -0.2) is 0 Å². The Labute approximate surface area is 194 Å². The van der Waals surface area contributed by atoms with Gasteiger partial charge in [-0.05, 0) is 41.3 Å². The van der Waals surface area contributed by atoms with Crippen molar-refractivity contribution < 1.29 is 17.9 Å². The van der Waals surface area contributed by atoms with Gasteiger partial charge in [0.2, 0.25) is 5.91 Å². The lowest BCUT2D eigenvalue weighted by molar-refractivity contribution is -0.133. The fraction of sp³-hybridized carbons (Fsp3) is 0.333. The quantitative estimate of drug-likeness (QED) is 0.508. The molecule has 1 aromatic heterocycles. The molecule has 3 aromatic rings. The lowest BCUT2D eigenvalue weighted by atomic mass is 9.98. The van der Waals surface area contributed by atoms with Gasteiger partial charge in [-0.3, -0.25) is 13.8 Å². The Morgan fingerprint density at radius 1 is 1.12 bits per heavy atom. The summed E-state index contributed by atoms with van der Waals surface area (Å²) in [5, 5.41) is 4.15. The summed E-state index contributed by atoms with van der Waals surface area (Å²) in [6, 6.07) is 16.7. The molecule has 0 unspecified atom stereocenters. The Morgan fingerprint density at radius 2 is 1.91 bits per heavy atom. The summed E-state index contributed by atoms with van der Waals surface area (Å²) in [7, 11) is -0.592. The Bertz CT molecular complexity index is 1220. The number of anilines is 1. The van der Waals surface area contributed by atoms with Crippen molar-refractivity contribution in [3.63, 3.8) is 0 Å². The number of nitrogens with zero attached hydrogens (tertiary/aromatic N) is 4. The van der Waals surface area contributed by atoms with Crippen molar-refractivity contribution in [1.82, 2.24) is 14.7 Å². The maximum absolute atomic E-state index is 13.5. The van der Waals surface area contributed by atoms with Gasteiger partial charge in [-0.2, -0.15) is 13.5 Å². The van der Waals surface area contributed by atoms with Crippen molar-refractivity contribution >= 4 is 21.6 Å². The molecule has 0 N–H and O–H groups in total. The number of hydrogen-bond donors (Lipinski definition) is 0. The Kier molecular flexibility index (Phi) is 6.80. The predicted octanol–water partition coefficient (Wildman–Crippen LogP) is 2.74. The zero-order chi connectivity index (χ0) is 23.4. The van der Waals surface area contributed by atoms with E-state index in [0.717, 1.165) is 16.7 Å². The molecule has 0 radical (unpaired) electrons. The Hall–Kier alpha value is -3.17. The number of carbonyl (C=O) groups excluding carboxylic acids is 1. The Balaban J connectivity index is 1.65. The lowest BCUT2D eigenvalue weighted by Gasteiger charge is -2.31. The van der Waals surface area contributed by atoms with Crippen molar-refractivity contribution in [3.05, 3.63) is 77.5 Å². The first kappa shape index (κ1) is 23.0. The van der Waals surface area contributed by atoms with Gasteiger partial charge < -0.3 is 9.64 Å². The Morgan fingerprint density at radius 3 is 2.61 bits per heavy atom. The highest BCUT2D eigenvalue weighted by atomic mass is 32.2. The number of hydrogen-bond acceptors (Lipinski definition) is 5. The average Bonchev–Trinajstić information content (AvgIpc) is 3.28. The van der Waals surface area contributed by atoms with E-state index in [1.54, 1.807) is 20.4 Å². The van der Waals surface area contributed by atoms with Gasteiger partial charge in [0.1, 0.15) is 0 Å². The van der Waals surface area contributed by atoms with Crippen LogP contribution in [0.25, 0.3) is 0 Å². The molecule has 8 nitrogen and oxygen atoms in total. The third kappa shape index (κ3) is 5.09. The molecule has 0 saturated heterocycles. The third-order valence-corrected chi connectivity index (χ3v) is 7.44. The van der Waals surface area contributed by atoms with E-state index in [9.17, 15) is 13.2 Å². The molecular formula is C24H28N4O4S. The molecule has 2 heterocycles. The molecule has 0 saturated carbocycles. The molecule has 1 aliphatic rings. The number of carbonyl (C=O) groups is 1. The van der Waals surface area contributed by atoms with Crippen molar-refractivity contribution in [2.45, 2.75) is 31.0 Å². The molecule has 2 aromatic carbocycles. The smallest absolute Gasteiger partial charge is 0.283 e. The topological polar surface area (TPSA) is 84.7 Å². The highest BCUT2D eigenvalue weighted by Crippen LogP contribution is 2.30. The first-order valence-electron chi connectivity index (χ1n) is 10.8. The van der Waals surface area contributed by atoms with E-state index in [1.807, 2.05) is 53.4 Å². The van der Waals surface area contributed by atoms with E-state index in [-0.39, 0.29) is 17.5 Å². The maximum atomic E-state index is 13.5. The predicted molar refractivity (Wildman–Crippen MR) is 125 cm³/mol. The number of aryl methyl sites for hydroxylation is 1. The number of ether oxygens (including phenoxy) is 1. The van der Waals surface area contributed by atoms with E-state index in [1.165, 1.54) is 15.1 Å². The highest BCUT2D eigenvalue weighted by molar-refractivity contribution is 7.92. The second kappa shape index (κ2) is 9.76. The van der Waals surface area contributed by atoms with Gasteiger partial charge in [-0.1, -0.05) is 36.4 Å². The zero-order valence-corrected chi connectivity index (χ0v) is 19.7. The fourth-order valence-electron chi connectivity index (χ4n) is 3.96. The van der Waals surface area contributed by atoms with Crippen molar-refractivity contribution in [2.24, 2.45) is 7.05 Å². The van der Waals surface area contributed by atoms with Crippen molar-refractivity contribution in [3.8, 4) is 0 Å². The van der Waals surface area contributed by atoms with Crippen molar-refractivity contribution in [2.75, 3.05) is 24.6 Å². The van der Waals surface area contributed by atoms with E-state index in [4.69, 9.17) is 4.74 Å². The standard InChI is InChI=1S/C24H28N4O4S/c1-26-13-11-23(25-26)33(30,31)28(17-19-6-4-3-5-7-19)22-9-8-21-18-27(14-10-20(21)16-22)24(29)12-15-32-2/h3-9,11,13,16H,10,12,14-15,17-18H2,1-2H3. The van der Waals surface area contributed by atoms with Gasteiger partial charge in [0.15, 0.2) is 5.03 Å². The second-order valence-electron chi connectivity index (χ2n) is 8.09. The zero-order valence-electron chi connectivity index (χ0n) is 18.8. The van der Waals surface area contributed by atoms with Crippen LogP contribution in [0.15, 0.2) is 65.8 Å². The number of amides is 1. The molecule has 9 heteroatoms. The van der Waals surface area contributed by atoms with Crippen LogP contribution in [0.2, 0.25) is 0 Å². The SMILES string of the molecule is COCCC(=O)N1CCc2cc(N(Cc3ccccc3)S(=O)(=O)c3ccn(C)n3)ccc2C1. The number of rotatable bonds is 8. The number of fused-ring (bicyclic) bond motifs is 1. The van der Waals surface area contributed by atoms with Crippen LogP contribution >= 0.6 is 0 Å². The van der Waals surface area contributed by atoms with Crippen LogP contribution < -0.4 is 4.31 Å². The monoisotopic (exact) mass is 468 g/mol. The summed E-state index contributed by atoms with van der Waals surface area (Å²) in [5.74, 6) is 0.0648. The molecule has 174 valence electrons. The van der Waals surface area contributed by atoms with Crippen LogP contribution in [-0.2, 0) is 46.1 Å². The summed E-state index contributed by atoms with van der Waals surface area (Å²) in [4.78, 5) is 14.2. The molecule has 1 amide bonds. The minimum atomic E-state index is -3.87. The van der Waals surface area contributed by atoms with Crippen LogP contribution in [0.3, 0.4) is 0 Å². The molecule has 0 atom stereocenters. The lowest BCUT2D eigenvalue weighted by Crippen LogP contribution is -2.36. The maximum Gasteiger partial charge on any atom is 0.283 e. The fourth-order valence-corrected chi connectivity index (χ4v) is 5.36. The normalized spacial score (nSPS) is 13.6. The molecule has 1 aliphatic heterocycles. The molecule has 0 fully saturated rings. The summed E-state index contributed by atoms with van der Waals surface area (Å²) < 4.78 is 35.0. The number of aromatic nitrogens is 2. The van der Waals surface area contributed by atoms with E-state index < -0.39 is 10.0 Å². The molecule has 33 heavy (non-hydrogen) atoms. The number of benzene rings is 2. The van der Waals surface area contributed by atoms with E-state index >= 15 is 0 Å². The van der Waals surface area contributed by atoms with Gasteiger partial charge in [0, 0.05) is 33.4 Å². The summed E-state index contributed by atoms with van der Waals surface area (Å²) in [6.07, 6.45) is 2.65. The van der Waals surface area contributed by atoms with E-state index in [0.29, 0.717) is 38.2 Å². The first-order valence-corrected chi connectivity index (χ1v) is 12.3. The minimum absolute atomic E-state index is 0.00793. The minimum Gasteiger partial charge on any atom is -0.384 e. The van der Waals surface area contributed by atoms with E-state index in [2.05, 4.69) is 5.10 Å². The van der Waals surface area contributed by atoms with Gasteiger partial charge in [-0.15, -0.1) is 0 Å². The summed E-state index contributed by atoms with van der Waals surface area (Å²) in [6.45, 7) is 1.72. The van der Waals surface area contributed by atoms with Crippen LogP contribution in [0.1, 0.15) is 23.1 Å². The molecule has 0 spiro atoms. The molecule has 4 rings (SSSR count). The van der Waals surface area contributed by atoms with Crippen molar-refractivity contribution in [1.29, 1.82) is 0 Å². The average molecular weight is 469 g/mol.